The van der Waals surface area contributed by atoms with E-state index >= 15 is 18.3 Å². The summed E-state index contributed by atoms with van der Waals surface area (Å²) in [4.78, 5) is 0. The first-order valence-corrected chi connectivity index (χ1v) is 31.4. The Morgan fingerprint density at radius 2 is 0.351 bits per heavy atom. The molecule has 3 atom stereocenters. The van der Waals surface area contributed by atoms with Crippen LogP contribution in [0.3, 0.4) is 0 Å². The maximum Gasteiger partial charge on any atom is 0.171 e. The van der Waals surface area contributed by atoms with Crippen molar-refractivity contribution in [2.45, 2.75) is 0 Å². The number of rotatable bonds is 12. The van der Waals surface area contributed by atoms with Gasteiger partial charge in [0.1, 0.15) is 0 Å². The number of hydrogen-bond acceptors (Lipinski definition) is 4. The van der Waals surface area contributed by atoms with Crippen molar-refractivity contribution in [1.29, 1.82) is 0 Å². The van der Waals surface area contributed by atoms with Gasteiger partial charge in [0, 0.05) is 63.7 Å². The highest BCUT2D eigenvalue weighted by Gasteiger charge is 2.38. The Balaban J connectivity index is 1.04. The van der Waals surface area contributed by atoms with Gasteiger partial charge in [0.25, 0.3) is 0 Å². The van der Waals surface area contributed by atoms with E-state index in [0.29, 0.717) is 47.7 Å². The number of fused-ring (bicyclic) bond motifs is 3. The Hall–Kier alpha value is -7.66. The Morgan fingerprint density at radius 3 is 0.608 bits per heavy atom. The van der Waals surface area contributed by atoms with E-state index in [9.17, 15) is 0 Å². The van der Waals surface area contributed by atoms with Crippen molar-refractivity contribution < 1.29 is 18.3 Å². The van der Waals surface area contributed by atoms with Crippen LogP contribution in [0.4, 0.5) is 0 Å². The van der Waals surface area contributed by atoms with Crippen LogP contribution < -0.4 is 63.7 Å². The monoisotopic (exact) mass is 1030 g/mol. The van der Waals surface area contributed by atoms with Crippen molar-refractivity contribution in [1.82, 2.24) is 0 Å². The van der Waals surface area contributed by atoms with E-state index in [2.05, 4.69) is 0 Å². The van der Waals surface area contributed by atoms with E-state index in [1.165, 1.54) is 0 Å². The average molecular weight is 1030 g/mol. The van der Waals surface area contributed by atoms with Gasteiger partial charge in [-0.3, -0.25) is 0 Å². The third kappa shape index (κ3) is 7.85. The van der Waals surface area contributed by atoms with Crippen LogP contribution in [-0.4, -0.2) is 0 Å². The summed E-state index contributed by atoms with van der Waals surface area (Å²) in [5, 5.41) is 13.4. The van der Waals surface area contributed by atoms with Crippen LogP contribution in [0, 0.1) is 0 Å². The SMILES string of the molecule is O=P(c1ccc(P(=O)(c2ccccc2)c2cccc3ccccc23)cc1)(c1ccc(P(=O)(c2ccccc2)c2cccc3ccccc23)cc1)c1ccc(P(=O)(c2ccccc2)c2cccc3ccccc23)cc1. The van der Waals surface area contributed by atoms with E-state index in [1.807, 2.05) is 291 Å². The standard InChI is InChI=1S/C66H48O4P4/c67-71(55-37-43-58(44-38-55)72(68,52-25-4-1-5-26-52)64-34-16-22-49-19-10-13-31-61(49)64,56-39-45-59(46-40-56)73(69,53-27-6-2-7-28-53)65-35-17-23-50-20-11-14-32-62(50)65)57-41-47-60(48-42-57)74(70,54-29-8-3-9-30-54)66-36-18-24-51-21-12-15-33-63(51)66/h1-48H. The highest BCUT2D eigenvalue weighted by molar-refractivity contribution is 7.87. The number of hydrogen-bond donors (Lipinski definition) is 0. The van der Waals surface area contributed by atoms with Gasteiger partial charge in [-0.15, -0.1) is 0 Å². The summed E-state index contributed by atoms with van der Waals surface area (Å²) < 4.78 is 65.2. The average Bonchev–Trinajstić information content (AvgIpc) is 3.49. The lowest BCUT2D eigenvalue weighted by Gasteiger charge is -2.26. The molecule has 12 rings (SSSR count). The highest BCUT2D eigenvalue weighted by Crippen LogP contribution is 2.49. The predicted molar refractivity (Wildman–Crippen MR) is 317 cm³/mol. The summed E-state index contributed by atoms with van der Waals surface area (Å²) in [6, 6.07) is 93.0. The molecule has 0 N–H and O–H groups in total. The molecular weight excluding hydrogens is 981 g/mol. The molecule has 0 heterocycles. The van der Waals surface area contributed by atoms with Crippen molar-refractivity contribution in [3.63, 3.8) is 0 Å². The molecule has 8 heteroatoms. The van der Waals surface area contributed by atoms with Gasteiger partial charge < -0.3 is 18.3 Å². The molecule has 0 amide bonds. The highest BCUT2D eigenvalue weighted by atomic mass is 31.2. The zero-order chi connectivity index (χ0) is 50.3. The fraction of sp³-hybridized carbons (Fsp3) is 0. The lowest BCUT2D eigenvalue weighted by Crippen LogP contribution is -2.31. The summed E-state index contributed by atoms with van der Waals surface area (Å²) >= 11 is 0. The third-order valence-corrected chi connectivity index (χ3v) is 26.8. The van der Waals surface area contributed by atoms with E-state index in [1.54, 1.807) is 0 Å². The second-order valence-electron chi connectivity index (χ2n) is 18.5. The quantitative estimate of drug-likeness (QED) is 0.114. The maximum atomic E-state index is 16.8. The van der Waals surface area contributed by atoms with Gasteiger partial charge in [-0.1, -0.05) is 291 Å². The van der Waals surface area contributed by atoms with Gasteiger partial charge in [0.15, 0.2) is 28.6 Å². The third-order valence-electron chi connectivity index (χ3n) is 14.4. The Bertz CT molecular complexity index is 3780. The van der Waals surface area contributed by atoms with Crippen LogP contribution in [0.15, 0.2) is 291 Å². The molecule has 0 spiro atoms. The van der Waals surface area contributed by atoms with E-state index in [-0.39, 0.29) is 0 Å². The minimum Gasteiger partial charge on any atom is -0.309 e. The first-order chi connectivity index (χ1) is 36.2. The molecule has 0 aromatic heterocycles. The van der Waals surface area contributed by atoms with Gasteiger partial charge in [0.05, 0.1) is 0 Å². The molecule has 0 aliphatic heterocycles. The zero-order valence-corrected chi connectivity index (χ0v) is 43.7. The molecule has 356 valence electrons. The van der Waals surface area contributed by atoms with Crippen LogP contribution in [0.1, 0.15) is 0 Å². The van der Waals surface area contributed by atoms with Crippen LogP contribution in [0.2, 0.25) is 0 Å². The summed E-state index contributed by atoms with van der Waals surface area (Å²) in [7, 11) is -14.3. The molecule has 0 aliphatic rings. The lowest BCUT2D eigenvalue weighted by molar-refractivity contribution is 0.591. The molecule has 4 nitrogen and oxygen atoms in total. The summed E-state index contributed by atoms with van der Waals surface area (Å²) in [5.41, 5.74) is 0. The van der Waals surface area contributed by atoms with Crippen LogP contribution in [-0.2, 0) is 18.3 Å². The zero-order valence-electron chi connectivity index (χ0n) is 40.1. The molecule has 0 saturated carbocycles. The Labute approximate surface area is 431 Å². The van der Waals surface area contributed by atoms with Crippen molar-refractivity contribution in [3.05, 3.63) is 291 Å². The maximum absolute atomic E-state index is 16.8. The first-order valence-electron chi connectivity index (χ1n) is 24.6. The minimum atomic E-state index is -3.81. The van der Waals surface area contributed by atoms with Crippen molar-refractivity contribution in [3.8, 4) is 0 Å². The van der Waals surface area contributed by atoms with Gasteiger partial charge in [0.2, 0.25) is 0 Å². The second-order valence-corrected chi connectivity index (χ2v) is 29.5. The smallest absolute Gasteiger partial charge is 0.171 e. The van der Waals surface area contributed by atoms with Gasteiger partial charge in [-0.05, 0) is 32.3 Å². The van der Waals surface area contributed by atoms with Gasteiger partial charge in [-0.25, -0.2) is 0 Å². The molecular formula is C66H48O4P4. The van der Waals surface area contributed by atoms with E-state index in [0.717, 1.165) is 48.2 Å². The fourth-order valence-corrected chi connectivity index (χ4v) is 21.9. The van der Waals surface area contributed by atoms with E-state index in [4.69, 9.17) is 0 Å². The summed E-state index contributed by atoms with van der Waals surface area (Å²) in [6.45, 7) is 0. The lowest BCUT2D eigenvalue weighted by atomic mass is 10.1. The summed E-state index contributed by atoms with van der Waals surface area (Å²) in [5.74, 6) is 0. The van der Waals surface area contributed by atoms with Crippen molar-refractivity contribution in [2.75, 3.05) is 0 Å². The minimum absolute atomic E-state index is 0.528. The largest absolute Gasteiger partial charge is 0.309 e. The molecule has 3 unspecified atom stereocenters. The normalized spacial score (nSPS) is 14.9. The molecule has 0 saturated heterocycles. The molecule has 0 aliphatic carbocycles. The van der Waals surface area contributed by atoms with E-state index < -0.39 is 28.6 Å². The molecule has 74 heavy (non-hydrogen) atoms. The topological polar surface area (TPSA) is 68.3 Å². The van der Waals surface area contributed by atoms with Crippen LogP contribution in [0.5, 0.6) is 0 Å². The molecule has 0 bridgehead atoms. The van der Waals surface area contributed by atoms with Crippen LogP contribution >= 0.6 is 28.6 Å². The molecule has 12 aromatic rings. The predicted octanol–water partition coefficient (Wildman–Crippen LogP) is 11.7. The van der Waals surface area contributed by atoms with Crippen LogP contribution in [0.25, 0.3) is 32.3 Å². The Kier molecular flexibility index (Phi) is 12.4. The van der Waals surface area contributed by atoms with Gasteiger partial charge >= 0.3 is 0 Å². The molecule has 0 radical (unpaired) electrons. The summed E-state index contributed by atoms with van der Waals surface area (Å²) in [6.07, 6.45) is 0. The Morgan fingerprint density at radius 1 is 0.162 bits per heavy atom. The molecule has 12 aromatic carbocycles. The fourth-order valence-electron chi connectivity index (χ4n) is 10.7. The van der Waals surface area contributed by atoms with Gasteiger partial charge in [-0.2, -0.15) is 0 Å². The van der Waals surface area contributed by atoms with Crippen molar-refractivity contribution >= 4 is 125 Å². The number of benzene rings is 12. The molecule has 0 fully saturated rings. The first kappa shape index (κ1) is 47.4. The second kappa shape index (κ2) is 19.3. The van der Waals surface area contributed by atoms with Crippen molar-refractivity contribution in [2.24, 2.45) is 0 Å².